The van der Waals surface area contributed by atoms with E-state index in [-0.39, 0.29) is 15.9 Å². The van der Waals surface area contributed by atoms with Gasteiger partial charge in [-0.05, 0) is 36.5 Å². The lowest BCUT2D eigenvalue weighted by molar-refractivity contribution is -0.173. The van der Waals surface area contributed by atoms with Gasteiger partial charge in [-0.1, -0.05) is 51.1 Å². The van der Waals surface area contributed by atoms with Crippen LogP contribution in [0.5, 0.6) is 0 Å². The van der Waals surface area contributed by atoms with E-state index in [0.29, 0.717) is 6.61 Å². The number of hydrogen-bond acceptors (Lipinski definition) is 3. The summed E-state index contributed by atoms with van der Waals surface area (Å²) in [4.78, 5) is 2.54. The molecule has 2 bridgehead atoms. The minimum Gasteiger partial charge on any atom is -0.416 e. The third-order valence-corrected chi connectivity index (χ3v) is 11.2. The molecule has 0 aromatic heterocycles. The van der Waals surface area contributed by atoms with E-state index in [2.05, 4.69) is 69.1 Å². The molecule has 1 N–H and O–H groups in total. The zero-order valence-electron chi connectivity index (χ0n) is 16.6. The molecule has 0 atom stereocenters. The smallest absolute Gasteiger partial charge is 0.192 e. The van der Waals surface area contributed by atoms with Crippen LogP contribution in [0.1, 0.15) is 39.2 Å². The fourth-order valence-corrected chi connectivity index (χ4v) is 5.68. The summed E-state index contributed by atoms with van der Waals surface area (Å²) in [6.07, 6.45) is 2.24. The van der Waals surface area contributed by atoms with Crippen molar-refractivity contribution in [2.75, 3.05) is 26.3 Å². The summed E-state index contributed by atoms with van der Waals surface area (Å²) in [7, 11) is -1.72. The van der Waals surface area contributed by atoms with Crippen LogP contribution in [-0.2, 0) is 11.0 Å². The van der Waals surface area contributed by atoms with Gasteiger partial charge in [-0.25, -0.2) is 0 Å². The summed E-state index contributed by atoms with van der Waals surface area (Å²) >= 11 is 0. The summed E-state index contributed by atoms with van der Waals surface area (Å²) in [6.45, 7) is 15.8. The maximum Gasteiger partial charge on any atom is 0.192 e. The molecule has 4 rings (SSSR count). The number of aliphatic hydroxyl groups is 1. The van der Waals surface area contributed by atoms with Gasteiger partial charge < -0.3 is 9.53 Å². The van der Waals surface area contributed by atoms with Crippen molar-refractivity contribution in [1.29, 1.82) is 0 Å². The first-order chi connectivity index (χ1) is 11.6. The molecular formula is C21H35NO2Si. The molecule has 3 aliphatic rings. The van der Waals surface area contributed by atoms with E-state index in [1.165, 1.54) is 5.56 Å². The second kappa shape index (κ2) is 6.49. The first kappa shape index (κ1) is 19.1. The predicted octanol–water partition coefficient (Wildman–Crippen LogP) is 4.28. The van der Waals surface area contributed by atoms with E-state index in [0.717, 1.165) is 39.1 Å². The van der Waals surface area contributed by atoms with Crippen LogP contribution in [0.15, 0.2) is 30.3 Å². The zero-order valence-corrected chi connectivity index (χ0v) is 17.6. The van der Waals surface area contributed by atoms with Crippen LogP contribution in [-0.4, -0.2) is 44.6 Å². The highest BCUT2D eigenvalue weighted by atomic mass is 28.4. The molecule has 2 saturated heterocycles. The van der Waals surface area contributed by atoms with Crippen LogP contribution in [0.25, 0.3) is 0 Å². The van der Waals surface area contributed by atoms with Crippen LogP contribution in [0.4, 0.5) is 0 Å². The van der Waals surface area contributed by atoms with Gasteiger partial charge in [0.15, 0.2) is 8.32 Å². The van der Waals surface area contributed by atoms with Crippen molar-refractivity contribution in [1.82, 2.24) is 4.90 Å². The monoisotopic (exact) mass is 361 g/mol. The maximum absolute atomic E-state index is 9.99. The second-order valence-electron chi connectivity index (χ2n) is 10.2. The molecule has 0 spiro atoms. The highest BCUT2D eigenvalue weighted by Crippen LogP contribution is 2.59. The number of fused-ring (bicyclic) bond motifs is 2. The van der Waals surface area contributed by atoms with Gasteiger partial charge in [0.1, 0.15) is 0 Å². The summed E-state index contributed by atoms with van der Waals surface area (Å²) in [5.74, 6) is 0. The molecular weight excluding hydrogens is 326 g/mol. The molecule has 0 amide bonds. The third-order valence-electron chi connectivity index (χ3n) is 6.75. The lowest BCUT2D eigenvalue weighted by atomic mass is 9.50. The van der Waals surface area contributed by atoms with E-state index >= 15 is 0 Å². The number of rotatable bonds is 6. The van der Waals surface area contributed by atoms with Gasteiger partial charge in [0.05, 0.1) is 0 Å². The Morgan fingerprint density at radius 3 is 2.24 bits per heavy atom. The Kier molecular flexibility index (Phi) is 4.95. The average molecular weight is 362 g/mol. The van der Waals surface area contributed by atoms with Gasteiger partial charge in [-0.2, -0.15) is 0 Å². The average Bonchev–Trinajstić information content (AvgIpc) is 2.52. The molecule has 2 heterocycles. The fourth-order valence-electron chi connectivity index (χ4n) is 4.58. The van der Waals surface area contributed by atoms with Crippen LogP contribution in [0, 0.1) is 10.8 Å². The van der Waals surface area contributed by atoms with E-state index in [1.807, 2.05) is 0 Å². The standard InChI is InChI=1S/C21H35NO2Si/c1-19(2,3)25(4,5)24-17-21-12-20(13-21,16-23)14-22(15-21)11-18-9-7-6-8-10-18/h6-10,23H,11-17H2,1-5H3. The molecule has 140 valence electrons. The molecule has 0 radical (unpaired) electrons. The number of nitrogens with zero attached hydrogens (tertiary/aromatic N) is 1. The molecule has 1 aromatic carbocycles. The third kappa shape index (κ3) is 3.87. The van der Waals surface area contributed by atoms with Crippen molar-refractivity contribution < 1.29 is 9.53 Å². The van der Waals surface area contributed by atoms with Gasteiger partial charge in [0, 0.05) is 43.7 Å². The van der Waals surface area contributed by atoms with E-state index < -0.39 is 8.32 Å². The van der Waals surface area contributed by atoms with Gasteiger partial charge >= 0.3 is 0 Å². The van der Waals surface area contributed by atoms with Gasteiger partial charge in [0.2, 0.25) is 0 Å². The normalized spacial score (nSPS) is 30.2. The molecule has 3 fully saturated rings. The summed E-state index contributed by atoms with van der Waals surface area (Å²) in [5, 5.41) is 10.2. The summed E-state index contributed by atoms with van der Waals surface area (Å²) < 4.78 is 6.59. The minimum atomic E-state index is -1.72. The first-order valence-corrected chi connectivity index (χ1v) is 12.5. The largest absolute Gasteiger partial charge is 0.416 e. The fraction of sp³-hybridized carbons (Fsp3) is 0.714. The van der Waals surface area contributed by atoms with Crippen molar-refractivity contribution in [3.05, 3.63) is 35.9 Å². The van der Waals surface area contributed by atoms with Crippen LogP contribution < -0.4 is 0 Å². The second-order valence-corrected chi connectivity index (χ2v) is 15.0. The Morgan fingerprint density at radius 2 is 1.68 bits per heavy atom. The lowest BCUT2D eigenvalue weighted by Gasteiger charge is -2.64. The van der Waals surface area contributed by atoms with Crippen LogP contribution >= 0.6 is 0 Å². The summed E-state index contributed by atoms with van der Waals surface area (Å²) in [6, 6.07) is 10.7. The molecule has 3 nitrogen and oxygen atoms in total. The van der Waals surface area contributed by atoms with Crippen molar-refractivity contribution in [3.63, 3.8) is 0 Å². The van der Waals surface area contributed by atoms with Gasteiger partial charge in [-0.3, -0.25) is 4.90 Å². The number of hydrogen-bond donors (Lipinski definition) is 1. The van der Waals surface area contributed by atoms with Crippen molar-refractivity contribution in [3.8, 4) is 0 Å². The zero-order chi connectivity index (χ0) is 18.3. The molecule has 1 saturated carbocycles. The van der Waals surface area contributed by atoms with Crippen LogP contribution in [0.2, 0.25) is 18.1 Å². The predicted molar refractivity (Wildman–Crippen MR) is 106 cm³/mol. The quantitative estimate of drug-likeness (QED) is 0.768. The van der Waals surface area contributed by atoms with Crippen molar-refractivity contribution in [2.24, 2.45) is 10.8 Å². The topological polar surface area (TPSA) is 32.7 Å². The highest BCUT2D eigenvalue weighted by molar-refractivity contribution is 6.74. The number of piperidine rings is 2. The molecule has 2 aliphatic heterocycles. The van der Waals surface area contributed by atoms with Crippen LogP contribution in [0.3, 0.4) is 0 Å². The van der Waals surface area contributed by atoms with Gasteiger partial charge in [-0.15, -0.1) is 0 Å². The molecule has 1 aromatic rings. The summed E-state index contributed by atoms with van der Waals surface area (Å²) in [5.41, 5.74) is 1.70. The minimum absolute atomic E-state index is 0.101. The Labute approximate surface area is 154 Å². The lowest BCUT2D eigenvalue weighted by Crippen LogP contribution is -2.66. The number of aliphatic hydroxyl groups excluding tert-OH is 1. The highest BCUT2D eigenvalue weighted by Gasteiger charge is 2.59. The Morgan fingerprint density at radius 1 is 1.08 bits per heavy atom. The molecule has 0 unspecified atom stereocenters. The van der Waals surface area contributed by atoms with Gasteiger partial charge in [0.25, 0.3) is 0 Å². The molecule has 25 heavy (non-hydrogen) atoms. The van der Waals surface area contributed by atoms with Crippen molar-refractivity contribution in [2.45, 2.75) is 58.3 Å². The maximum atomic E-state index is 9.99. The first-order valence-electron chi connectivity index (χ1n) is 9.60. The van der Waals surface area contributed by atoms with E-state index in [9.17, 15) is 5.11 Å². The van der Waals surface area contributed by atoms with E-state index in [4.69, 9.17) is 4.43 Å². The molecule has 1 aliphatic carbocycles. The Balaban J connectivity index is 1.67. The van der Waals surface area contributed by atoms with E-state index in [1.54, 1.807) is 0 Å². The molecule has 4 heteroatoms. The number of benzene rings is 1. The van der Waals surface area contributed by atoms with Crippen molar-refractivity contribution >= 4 is 8.32 Å². The Bertz CT molecular complexity index is 588. The Hall–Kier alpha value is -0.683. The SMILES string of the molecule is CC(C)(C)[Si](C)(C)OCC12CN(Cc3ccccc3)CC(CO)(C1)C2.